The van der Waals surface area contributed by atoms with Crippen LogP contribution in [0, 0.1) is 0 Å². The molecule has 0 amide bonds. The number of thiophene rings is 2. The van der Waals surface area contributed by atoms with Crippen molar-refractivity contribution in [3.63, 3.8) is 0 Å². The number of hydrogen-bond acceptors (Lipinski definition) is 8. The first kappa shape index (κ1) is 30.4. The van der Waals surface area contributed by atoms with Crippen LogP contribution in [0.25, 0.3) is 20.2 Å². The number of benzene rings is 2. The third-order valence-electron chi connectivity index (χ3n) is 7.08. The second-order valence-corrected chi connectivity index (χ2v) is 12.0. The van der Waals surface area contributed by atoms with Crippen LogP contribution in [0.4, 0.5) is 0 Å². The minimum atomic E-state index is -0.114. The molecule has 2 fully saturated rings. The van der Waals surface area contributed by atoms with Crippen molar-refractivity contribution in [1.82, 2.24) is 9.80 Å². The average Bonchev–Trinajstić information content (AvgIpc) is 3.55. The van der Waals surface area contributed by atoms with Crippen LogP contribution in [0.3, 0.4) is 0 Å². The lowest BCUT2D eigenvalue weighted by atomic mass is 10.1. The predicted molar refractivity (Wildman–Crippen MR) is 165 cm³/mol. The predicted octanol–water partition coefficient (Wildman–Crippen LogP) is 4.70. The number of likely N-dealkylation sites (tertiary alicyclic amines) is 2. The molecule has 4 aromatic rings. The van der Waals surface area contributed by atoms with Crippen LogP contribution in [0.15, 0.2) is 59.3 Å². The van der Waals surface area contributed by atoms with Crippen LogP contribution < -0.4 is 0 Å². The lowest BCUT2D eigenvalue weighted by Crippen LogP contribution is -2.51. The number of aliphatic hydroxyl groups excluding tert-OH is 2. The summed E-state index contributed by atoms with van der Waals surface area (Å²) in [6, 6.07) is 17.6. The topological polar surface area (TPSA) is 65.4 Å². The van der Waals surface area contributed by atoms with E-state index < -0.39 is 0 Å². The molecule has 0 atom stereocenters. The molecule has 0 radical (unpaired) electrons. The number of β-amino-alcohol motifs (C(OH)–C–C–N with tert-alkyl or cyclic N) is 2. The van der Waals surface area contributed by atoms with Crippen LogP contribution in [0.1, 0.15) is 11.1 Å². The Bertz CT molecular complexity index is 1170. The zero-order valence-corrected chi connectivity index (χ0v) is 24.7. The van der Waals surface area contributed by atoms with Gasteiger partial charge in [0.15, 0.2) is 0 Å². The number of aliphatic hydroxyl groups is 2. The van der Waals surface area contributed by atoms with Crippen molar-refractivity contribution in [2.45, 2.75) is 25.0 Å². The first-order chi connectivity index (χ1) is 18.6. The maximum Gasteiger partial charge on any atom is 0.0793 e. The molecule has 0 bridgehead atoms. The lowest BCUT2D eigenvalue weighted by molar-refractivity contribution is -0.0144. The van der Waals surface area contributed by atoms with E-state index in [1.807, 2.05) is 0 Å². The zero-order chi connectivity index (χ0) is 26.2. The van der Waals surface area contributed by atoms with Gasteiger partial charge in [-0.3, -0.25) is 9.80 Å². The summed E-state index contributed by atoms with van der Waals surface area (Å²) in [6.07, 6.45) is 1.71. The molecule has 2 aromatic heterocycles. The van der Waals surface area contributed by atoms with E-state index in [9.17, 15) is 0 Å². The van der Waals surface area contributed by atoms with Gasteiger partial charge in [-0.25, -0.2) is 0 Å². The molecule has 6 nitrogen and oxygen atoms in total. The molecule has 0 saturated carbocycles. The lowest BCUT2D eigenvalue weighted by Gasteiger charge is -2.35. The highest BCUT2D eigenvalue weighted by molar-refractivity contribution is 7.17. The van der Waals surface area contributed by atoms with Gasteiger partial charge < -0.3 is 19.7 Å². The number of halogens is 1. The van der Waals surface area contributed by atoms with E-state index in [1.54, 1.807) is 22.7 Å². The molecule has 212 valence electrons. The standard InChI is InChI=1S/2C15H19NO2S.ClH/c2*17-14-10-16(11-14)5-7-18-6-3-12-1-2-15-13(9-12)4-8-19-15;/h2*1-2,4,8-9,14,17H,3,5-7,10-11H2;1H. The monoisotopic (exact) mass is 590 g/mol. The smallest absolute Gasteiger partial charge is 0.0793 e. The number of nitrogens with zero attached hydrogens (tertiary/aromatic N) is 2. The average molecular weight is 591 g/mol. The van der Waals surface area contributed by atoms with E-state index in [1.165, 1.54) is 31.3 Å². The van der Waals surface area contributed by atoms with Crippen molar-refractivity contribution in [3.8, 4) is 0 Å². The molecule has 4 heterocycles. The molecule has 39 heavy (non-hydrogen) atoms. The summed E-state index contributed by atoms with van der Waals surface area (Å²) >= 11 is 3.57. The van der Waals surface area contributed by atoms with E-state index in [4.69, 9.17) is 19.7 Å². The van der Waals surface area contributed by atoms with Crippen LogP contribution in [-0.2, 0) is 22.3 Å². The van der Waals surface area contributed by atoms with E-state index in [2.05, 4.69) is 69.1 Å². The van der Waals surface area contributed by atoms with Gasteiger partial charge in [0.1, 0.15) is 0 Å². The third kappa shape index (κ3) is 9.21. The zero-order valence-electron chi connectivity index (χ0n) is 22.2. The fourth-order valence-electron chi connectivity index (χ4n) is 4.77. The summed E-state index contributed by atoms with van der Waals surface area (Å²) in [5, 5.41) is 25.2. The Morgan fingerprint density at radius 3 is 1.49 bits per heavy atom. The number of rotatable bonds is 12. The molecule has 9 heteroatoms. The summed E-state index contributed by atoms with van der Waals surface area (Å²) in [6.45, 7) is 8.13. The maximum atomic E-state index is 9.16. The fraction of sp³-hybridized carbons (Fsp3) is 0.467. The Morgan fingerprint density at radius 2 is 1.08 bits per heavy atom. The first-order valence-corrected chi connectivity index (χ1v) is 15.3. The van der Waals surface area contributed by atoms with E-state index >= 15 is 0 Å². The second-order valence-electron chi connectivity index (χ2n) is 10.1. The molecule has 2 aromatic carbocycles. The van der Waals surface area contributed by atoms with Gasteiger partial charge in [-0.1, -0.05) is 24.3 Å². The maximum absolute atomic E-state index is 9.16. The number of ether oxygens (including phenoxy) is 2. The van der Waals surface area contributed by atoms with Crippen molar-refractivity contribution in [2.75, 3.05) is 65.7 Å². The van der Waals surface area contributed by atoms with Crippen molar-refractivity contribution < 1.29 is 19.7 Å². The van der Waals surface area contributed by atoms with E-state index in [0.717, 1.165) is 78.5 Å². The van der Waals surface area contributed by atoms with Gasteiger partial charge in [0, 0.05) is 48.7 Å². The Labute approximate surface area is 245 Å². The van der Waals surface area contributed by atoms with Gasteiger partial charge in [-0.2, -0.15) is 0 Å². The minimum absolute atomic E-state index is 0. The quantitative estimate of drug-likeness (QED) is 0.233. The van der Waals surface area contributed by atoms with Gasteiger partial charge >= 0.3 is 0 Å². The molecule has 0 unspecified atom stereocenters. The highest BCUT2D eigenvalue weighted by Crippen LogP contribution is 2.23. The van der Waals surface area contributed by atoms with Gasteiger partial charge in [-0.15, -0.1) is 35.1 Å². The summed E-state index contributed by atoms with van der Waals surface area (Å²) in [5.41, 5.74) is 2.68. The largest absolute Gasteiger partial charge is 0.390 e. The molecular formula is C30H39ClN2O4S2. The molecule has 0 aliphatic carbocycles. The Hall–Kier alpha value is -1.59. The number of fused-ring (bicyclic) bond motifs is 2. The molecule has 2 N–H and O–H groups in total. The third-order valence-corrected chi connectivity index (χ3v) is 8.88. The Morgan fingerprint density at radius 1 is 0.641 bits per heavy atom. The minimum Gasteiger partial charge on any atom is -0.390 e. The van der Waals surface area contributed by atoms with E-state index in [-0.39, 0.29) is 24.6 Å². The van der Waals surface area contributed by atoms with Crippen molar-refractivity contribution in [2.24, 2.45) is 0 Å². The van der Waals surface area contributed by atoms with Crippen LogP contribution >= 0.6 is 35.1 Å². The summed E-state index contributed by atoms with van der Waals surface area (Å²) in [5.74, 6) is 0. The summed E-state index contributed by atoms with van der Waals surface area (Å²) in [4.78, 5) is 4.42. The second kappa shape index (κ2) is 15.4. The summed E-state index contributed by atoms with van der Waals surface area (Å²) < 4.78 is 14.0. The normalized spacial score (nSPS) is 16.5. The van der Waals surface area contributed by atoms with E-state index in [0.29, 0.717) is 0 Å². The van der Waals surface area contributed by atoms with Gasteiger partial charge in [-0.05, 0) is 69.8 Å². The molecule has 2 saturated heterocycles. The Kier molecular flexibility index (Phi) is 12.0. The molecule has 2 aliphatic heterocycles. The van der Waals surface area contributed by atoms with Crippen molar-refractivity contribution in [3.05, 3.63) is 70.4 Å². The highest BCUT2D eigenvalue weighted by atomic mass is 35.5. The van der Waals surface area contributed by atoms with Crippen LogP contribution in [0.2, 0.25) is 0 Å². The van der Waals surface area contributed by atoms with Gasteiger partial charge in [0.05, 0.1) is 38.6 Å². The summed E-state index contributed by atoms with van der Waals surface area (Å²) in [7, 11) is 0. The van der Waals surface area contributed by atoms with Crippen LogP contribution in [-0.4, -0.2) is 97.9 Å². The first-order valence-electron chi connectivity index (χ1n) is 13.5. The molecule has 0 spiro atoms. The number of hydrogen-bond donors (Lipinski definition) is 2. The SMILES string of the molecule is Cl.OC1CN(CCOCCc2ccc3sccc3c2)C1.OC1CN(CCOCCc2ccc3sccc3c2)C1. The van der Waals surface area contributed by atoms with Gasteiger partial charge in [0.25, 0.3) is 0 Å². The van der Waals surface area contributed by atoms with Gasteiger partial charge in [0.2, 0.25) is 0 Å². The highest BCUT2D eigenvalue weighted by Gasteiger charge is 2.23. The molecule has 6 rings (SSSR count). The van der Waals surface area contributed by atoms with Crippen LogP contribution in [0.5, 0.6) is 0 Å². The van der Waals surface area contributed by atoms with Crippen molar-refractivity contribution in [1.29, 1.82) is 0 Å². The van der Waals surface area contributed by atoms with Crippen molar-refractivity contribution >= 4 is 55.3 Å². The molecule has 2 aliphatic rings. The Balaban J connectivity index is 0.000000176. The fourth-order valence-corrected chi connectivity index (χ4v) is 6.31. The molecular weight excluding hydrogens is 552 g/mol.